The van der Waals surface area contributed by atoms with Crippen LogP contribution >= 0.6 is 0 Å². The smallest absolute Gasteiger partial charge is 0.239 e. The van der Waals surface area contributed by atoms with Crippen LogP contribution in [0.2, 0.25) is 0 Å². The molecule has 0 bridgehead atoms. The summed E-state index contributed by atoms with van der Waals surface area (Å²) in [7, 11) is 0. The zero-order valence-corrected chi connectivity index (χ0v) is 12.3. The molecule has 0 radical (unpaired) electrons. The molecule has 2 unspecified atom stereocenters. The third-order valence-corrected chi connectivity index (χ3v) is 3.26. The van der Waals surface area contributed by atoms with Crippen LogP contribution in [-0.4, -0.2) is 29.9 Å². The van der Waals surface area contributed by atoms with Crippen molar-refractivity contribution in [2.24, 2.45) is 11.7 Å². The van der Waals surface area contributed by atoms with E-state index in [2.05, 4.69) is 10.6 Å². The van der Waals surface area contributed by atoms with E-state index < -0.39 is 0 Å². The van der Waals surface area contributed by atoms with E-state index in [1.807, 2.05) is 20.8 Å². The molecule has 0 aromatic carbocycles. The van der Waals surface area contributed by atoms with Crippen molar-refractivity contribution >= 4 is 11.8 Å². The molecule has 1 saturated carbocycles. The van der Waals surface area contributed by atoms with Gasteiger partial charge in [-0.15, -0.1) is 0 Å². The van der Waals surface area contributed by atoms with Crippen LogP contribution in [0.25, 0.3) is 0 Å². The van der Waals surface area contributed by atoms with Crippen molar-refractivity contribution in [3.8, 4) is 0 Å². The zero-order chi connectivity index (χ0) is 14.5. The fourth-order valence-corrected chi connectivity index (χ4v) is 2.49. The quantitative estimate of drug-likeness (QED) is 0.709. The molecule has 0 saturated heterocycles. The number of amides is 2. The molecule has 5 nitrogen and oxygen atoms in total. The minimum Gasteiger partial charge on any atom is -0.350 e. The molecule has 0 spiro atoms. The van der Waals surface area contributed by atoms with E-state index in [9.17, 15) is 9.59 Å². The highest BCUT2D eigenvalue weighted by molar-refractivity contribution is 5.85. The molecule has 1 aliphatic rings. The molecule has 110 valence electrons. The molecule has 1 aliphatic carbocycles. The van der Waals surface area contributed by atoms with E-state index in [0.717, 1.165) is 25.7 Å². The third kappa shape index (κ3) is 7.15. The van der Waals surface area contributed by atoms with Gasteiger partial charge in [0.25, 0.3) is 0 Å². The minimum atomic E-state index is -0.266. The molecule has 1 rings (SSSR count). The highest BCUT2D eigenvalue weighted by atomic mass is 16.2. The Morgan fingerprint density at radius 2 is 1.89 bits per heavy atom. The van der Waals surface area contributed by atoms with Crippen molar-refractivity contribution in [1.29, 1.82) is 0 Å². The summed E-state index contributed by atoms with van der Waals surface area (Å²) in [5.74, 6) is 0.166. The zero-order valence-electron chi connectivity index (χ0n) is 12.3. The van der Waals surface area contributed by atoms with Crippen LogP contribution in [0.4, 0.5) is 0 Å². The summed E-state index contributed by atoms with van der Waals surface area (Å²) in [6, 6.07) is 0.232. The van der Waals surface area contributed by atoms with E-state index in [1.54, 1.807) is 0 Å². The van der Waals surface area contributed by atoms with Gasteiger partial charge in [-0.1, -0.05) is 6.42 Å². The molecule has 5 heteroatoms. The van der Waals surface area contributed by atoms with E-state index in [-0.39, 0.29) is 29.9 Å². The summed E-state index contributed by atoms with van der Waals surface area (Å²) >= 11 is 0. The largest absolute Gasteiger partial charge is 0.350 e. The number of nitrogens with one attached hydrogen (secondary N) is 2. The van der Waals surface area contributed by atoms with Crippen LogP contribution in [-0.2, 0) is 9.59 Å². The average Bonchev–Trinajstić information content (AvgIpc) is 2.24. The van der Waals surface area contributed by atoms with E-state index in [1.165, 1.54) is 0 Å². The Balaban J connectivity index is 2.22. The van der Waals surface area contributed by atoms with Gasteiger partial charge in [0, 0.05) is 18.0 Å². The number of nitrogens with two attached hydrogens (primary N) is 1. The topological polar surface area (TPSA) is 84.2 Å². The Bertz CT molecular complexity index is 323. The lowest BCUT2D eigenvalue weighted by Gasteiger charge is -2.26. The van der Waals surface area contributed by atoms with Gasteiger partial charge in [0.15, 0.2) is 0 Å². The standard InChI is InChI=1S/C14H27N3O2/c1-14(2,3)17-13(19)9-16-12(18)8-10-5-4-6-11(15)7-10/h10-11H,4-9,15H2,1-3H3,(H,16,18)(H,17,19). The van der Waals surface area contributed by atoms with Gasteiger partial charge < -0.3 is 16.4 Å². The van der Waals surface area contributed by atoms with Gasteiger partial charge in [-0.05, 0) is 46.0 Å². The van der Waals surface area contributed by atoms with E-state index >= 15 is 0 Å². The Morgan fingerprint density at radius 1 is 1.21 bits per heavy atom. The van der Waals surface area contributed by atoms with Gasteiger partial charge in [0.1, 0.15) is 0 Å². The monoisotopic (exact) mass is 269 g/mol. The van der Waals surface area contributed by atoms with Gasteiger partial charge >= 0.3 is 0 Å². The molecule has 2 amide bonds. The molecule has 0 aromatic rings. The van der Waals surface area contributed by atoms with Crippen molar-refractivity contribution in [2.45, 2.75) is 64.5 Å². The second-order valence-corrected chi connectivity index (χ2v) is 6.57. The summed E-state index contributed by atoms with van der Waals surface area (Å²) in [6.45, 7) is 5.79. The molecule has 0 aliphatic heterocycles. The van der Waals surface area contributed by atoms with Gasteiger partial charge in [-0.25, -0.2) is 0 Å². The van der Waals surface area contributed by atoms with Crippen molar-refractivity contribution in [2.75, 3.05) is 6.54 Å². The minimum absolute atomic E-state index is 0.0505. The van der Waals surface area contributed by atoms with E-state index in [4.69, 9.17) is 5.73 Å². The van der Waals surface area contributed by atoms with E-state index in [0.29, 0.717) is 12.3 Å². The van der Waals surface area contributed by atoms with Gasteiger partial charge in [0.05, 0.1) is 6.54 Å². The number of carbonyl (C=O) groups excluding carboxylic acids is 2. The maximum Gasteiger partial charge on any atom is 0.239 e. The molecule has 2 atom stereocenters. The second-order valence-electron chi connectivity index (χ2n) is 6.57. The highest BCUT2D eigenvalue weighted by Crippen LogP contribution is 2.25. The fourth-order valence-electron chi connectivity index (χ4n) is 2.49. The summed E-state index contributed by atoms with van der Waals surface area (Å²) in [6.07, 6.45) is 4.63. The third-order valence-electron chi connectivity index (χ3n) is 3.26. The number of rotatable bonds is 4. The summed E-state index contributed by atoms with van der Waals surface area (Å²) in [4.78, 5) is 23.3. The lowest BCUT2D eigenvalue weighted by atomic mass is 9.84. The maximum atomic E-state index is 11.8. The number of hydrogen-bond donors (Lipinski definition) is 3. The first-order valence-corrected chi connectivity index (χ1v) is 7.09. The molecule has 0 aromatic heterocycles. The van der Waals surface area contributed by atoms with Crippen LogP contribution in [0.15, 0.2) is 0 Å². The van der Waals surface area contributed by atoms with Crippen molar-refractivity contribution in [3.63, 3.8) is 0 Å². The van der Waals surface area contributed by atoms with Crippen LogP contribution in [0.1, 0.15) is 52.9 Å². The maximum absolute atomic E-state index is 11.8. The number of hydrogen-bond acceptors (Lipinski definition) is 3. The summed E-state index contributed by atoms with van der Waals surface area (Å²) in [5.41, 5.74) is 5.63. The predicted octanol–water partition coefficient (Wildman–Crippen LogP) is 0.925. The fraction of sp³-hybridized carbons (Fsp3) is 0.857. The van der Waals surface area contributed by atoms with Crippen molar-refractivity contribution < 1.29 is 9.59 Å². The number of carbonyl (C=O) groups is 2. The summed E-state index contributed by atoms with van der Waals surface area (Å²) in [5, 5.41) is 5.49. The predicted molar refractivity (Wildman–Crippen MR) is 75.5 cm³/mol. The first-order chi connectivity index (χ1) is 8.76. The molecular formula is C14H27N3O2. The molecular weight excluding hydrogens is 242 g/mol. The van der Waals surface area contributed by atoms with Crippen LogP contribution in [0, 0.1) is 5.92 Å². The Morgan fingerprint density at radius 3 is 2.47 bits per heavy atom. The molecule has 0 heterocycles. The van der Waals surface area contributed by atoms with Crippen LogP contribution in [0.5, 0.6) is 0 Å². The van der Waals surface area contributed by atoms with Gasteiger partial charge in [-0.3, -0.25) is 9.59 Å². The van der Waals surface area contributed by atoms with Gasteiger partial charge in [-0.2, -0.15) is 0 Å². The Hall–Kier alpha value is -1.10. The summed E-state index contributed by atoms with van der Waals surface area (Å²) < 4.78 is 0. The first kappa shape index (κ1) is 16.0. The van der Waals surface area contributed by atoms with Crippen molar-refractivity contribution in [1.82, 2.24) is 10.6 Å². The second kappa shape index (κ2) is 6.89. The Kier molecular flexibility index (Phi) is 5.79. The highest BCUT2D eigenvalue weighted by Gasteiger charge is 2.22. The SMILES string of the molecule is CC(C)(C)NC(=O)CNC(=O)CC1CCCC(N)C1. The lowest BCUT2D eigenvalue weighted by Crippen LogP contribution is -2.46. The molecule has 1 fully saturated rings. The van der Waals surface area contributed by atoms with Crippen molar-refractivity contribution in [3.05, 3.63) is 0 Å². The van der Waals surface area contributed by atoms with Crippen LogP contribution < -0.4 is 16.4 Å². The average molecular weight is 269 g/mol. The molecule has 19 heavy (non-hydrogen) atoms. The molecule has 4 N–H and O–H groups in total. The first-order valence-electron chi connectivity index (χ1n) is 7.09. The van der Waals surface area contributed by atoms with Gasteiger partial charge in [0.2, 0.25) is 11.8 Å². The normalized spacial score (nSPS) is 23.8. The van der Waals surface area contributed by atoms with Crippen LogP contribution in [0.3, 0.4) is 0 Å². The Labute approximate surface area is 115 Å². The lowest BCUT2D eigenvalue weighted by molar-refractivity contribution is -0.127.